The summed E-state index contributed by atoms with van der Waals surface area (Å²) in [6.45, 7) is 12.5. The largest absolute Gasteiger partial charge is 0.375 e. The van der Waals surface area contributed by atoms with Crippen LogP contribution in [-0.2, 0) is 9.53 Å². The molecule has 1 aromatic heterocycles. The Hall–Kier alpha value is -1.77. The number of fused-ring (bicyclic) bond motifs is 2. The van der Waals surface area contributed by atoms with Crippen molar-refractivity contribution in [2.75, 3.05) is 58.4 Å². The molecule has 230 valence electrons. The van der Waals surface area contributed by atoms with Crippen molar-refractivity contribution in [1.29, 1.82) is 0 Å². The molecule has 2 aliphatic heterocycles. The van der Waals surface area contributed by atoms with E-state index in [1.807, 2.05) is 0 Å². The molecule has 1 amide bonds. The highest BCUT2D eigenvalue weighted by atomic mass is 16.5. The molecule has 2 saturated heterocycles. The lowest BCUT2D eigenvalue weighted by Crippen LogP contribution is -2.56. The fourth-order valence-corrected chi connectivity index (χ4v) is 6.45. The lowest BCUT2D eigenvalue weighted by molar-refractivity contribution is -0.124. The lowest BCUT2D eigenvalue weighted by atomic mass is 9.95. The lowest BCUT2D eigenvalue weighted by Gasteiger charge is -2.43. The standard InChI is InChI=1S/C32H58N6O2.H2/c1-6-26(3)37-23-29-15-16-30(24-37)38(29)32-34-21-28(22-35-32)27(7-2)17-20-36(4)19-14-12-10-8-9-11-13-18-33-31(39)25-40-5;/h21-22,26-27,29-30H,6-20,23-25H2,1-5H3,(H,33,39);1H. The first-order chi connectivity index (χ1) is 19.5. The third kappa shape index (κ3) is 10.3. The molecule has 2 bridgehead atoms. The quantitative estimate of drug-likeness (QED) is 0.212. The highest BCUT2D eigenvalue weighted by Gasteiger charge is 2.42. The first-order valence-electron chi connectivity index (χ1n) is 16.2. The van der Waals surface area contributed by atoms with Crippen LogP contribution in [0.2, 0.25) is 0 Å². The number of unbranched alkanes of at least 4 members (excludes halogenated alkanes) is 6. The molecule has 0 aromatic carbocycles. The van der Waals surface area contributed by atoms with Crippen molar-refractivity contribution in [3.8, 4) is 0 Å². The Morgan fingerprint density at radius 3 is 2.25 bits per heavy atom. The van der Waals surface area contributed by atoms with Crippen LogP contribution in [0.25, 0.3) is 0 Å². The summed E-state index contributed by atoms with van der Waals surface area (Å²) in [5.74, 6) is 1.45. The number of piperazine rings is 1. The van der Waals surface area contributed by atoms with Crippen molar-refractivity contribution in [2.45, 2.75) is 122 Å². The summed E-state index contributed by atoms with van der Waals surface area (Å²) in [6, 6.07) is 1.80. The van der Waals surface area contributed by atoms with Gasteiger partial charge in [-0.25, -0.2) is 9.97 Å². The number of hydrogen-bond acceptors (Lipinski definition) is 7. The maximum absolute atomic E-state index is 11.3. The highest BCUT2D eigenvalue weighted by molar-refractivity contribution is 5.77. The van der Waals surface area contributed by atoms with Gasteiger partial charge in [0.1, 0.15) is 6.61 Å². The summed E-state index contributed by atoms with van der Waals surface area (Å²) >= 11 is 0. The molecule has 4 unspecified atom stereocenters. The van der Waals surface area contributed by atoms with E-state index in [1.54, 1.807) is 7.11 Å². The van der Waals surface area contributed by atoms with Crippen molar-refractivity contribution in [1.82, 2.24) is 25.1 Å². The molecule has 8 nitrogen and oxygen atoms in total. The van der Waals surface area contributed by atoms with Crippen LogP contribution >= 0.6 is 0 Å². The molecule has 40 heavy (non-hydrogen) atoms. The Bertz CT molecular complexity index is 830. The van der Waals surface area contributed by atoms with E-state index < -0.39 is 0 Å². The van der Waals surface area contributed by atoms with Crippen LogP contribution in [0.3, 0.4) is 0 Å². The van der Waals surface area contributed by atoms with Crippen LogP contribution < -0.4 is 10.2 Å². The molecule has 0 radical (unpaired) electrons. The molecule has 4 atom stereocenters. The number of likely N-dealkylation sites (tertiary alicyclic amines) is 1. The molecule has 0 saturated carbocycles. The molecular weight excluding hydrogens is 500 g/mol. The number of aromatic nitrogens is 2. The van der Waals surface area contributed by atoms with E-state index >= 15 is 0 Å². The van der Waals surface area contributed by atoms with Crippen LogP contribution in [0, 0.1) is 0 Å². The van der Waals surface area contributed by atoms with Gasteiger partial charge in [0.25, 0.3) is 0 Å². The van der Waals surface area contributed by atoms with Gasteiger partial charge >= 0.3 is 0 Å². The second-order valence-corrected chi connectivity index (χ2v) is 12.3. The van der Waals surface area contributed by atoms with Gasteiger partial charge in [0.2, 0.25) is 11.9 Å². The minimum atomic E-state index is -0.0173. The summed E-state index contributed by atoms with van der Waals surface area (Å²) in [6.07, 6.45) is 18.9. The highest BCUT2D eigenvalue weighted by Crippen LogP contribution is 2.34. The van der Waals surface area contributed by atoms with E-state index in [1.165, 1.54) is 69.9 Å². The maximum atomic E-state index is 11.3. The second-order valence-electron chi connectivity index (χ2n) is 12.3. The molecule has 3 heterocycles. The summed E-state index contributed by atoms with van der Waals surface area (Å²) < 4.78 is 4.82. The second kappa shape index (κ2) is 17.9. The zero-order valence-corrected chi connectivity index (χ0v) is 26.2. The maximum Gasteiger partial charge on any atom is 0.245 e. The van der Waals surface area contributed by atoms with Gasteiger partial charge in [-0.2, -0.15) is 0 Å². The van der Waals surface area contributed by atoms with Gasteiger partial charge in [0, 0.05) is 58.7 Å². The van der Waals surface area contributed by atoms with Gasteiger partial charge < -0.3 is 19.9 Å². The van der Waals surface area contributed by atoms with E-state index in [2.05, 4.69) is 60.2 Å². The Balaban J connectivity index is 0.00000588. The first kappa shape index (κ1) is 32.7. The average Bonchev–Trinajstić information content (AvgIpc) is 3.22. The van der Waals surface area contributed by atoms with Gasteiger partial charge in [-0.05, 0) is 83.5 Å². The molecule has 3 rings (SSSR count). The number of anilines is 1. The molecule has 1 aromatic rings. The number of carbonyl (C=O) groups is 1. The number of amides is 1. The van der Waals surface area contributed by atoms with Gasteiger partial charge in [-0.3, -0.25) is 9.69 Å². The smallest absolute Gasteiger partial charge is 0.245 e. The summed E-state index contributed by atoms with van der Waals surface area (Å²) in [5, 5.41) is 2.89. The van der Waals surface area contributed by atoms with E-state index in [9.17, 15) is 4.79 Å². The Morgan fingerprint density at radius 1 is 1.02 bits per heavy atom. The number of nitrogens with one attached hydrogen (secondary N) is 1. The normalized spacial score (nSPS) is 20.7. The summed E-state index contributed by atoms with van der Waals surface area (Å²) in [4.78, 5) is 28.9. The third-order valence-corrected chi connectivity index (χ3v) is 9.25. The van der Waals surface area contributed by atoms with E-state index in [0.29, 0.717) is 24.0 Å². The molecule has 0 spiro atoms. The predicted molar refractivity (Wildman–Crippen MR) is 167 cm³/mol. The van der Waals surface area contributed by atoms with Crippen molar-refractivity contribution in [3.05, 3.63) is 18.0 Å². The van der Waals surface area contributed by atoms with Crippen LogP contribution in [0.5, 0.6) is 0 Å². The molecule has 2 aliphatic rings. The molecule has 2 fully saturated rings. The topological polar surface area (TPSA) is 73.8 Å². The van der Waals surface area contributed by atoms with Crippen molar-refractivity contribution < 1.29 is 11.0 Å². The number of methoxy groups -OCH3 is 1. The van der Waals surface area contributed by atoms with Crippen molar-refractivity contribution in [2.24, 2.45) is 0 Å². The summed E-state index contributed by atoms with van der Waals surface area (Å²) in [7, 11) is 3.81. The fraction of sp³-hybridized carbons (Fsp3) is 0.844. The molecule has 0 aliphatic carbocycles. The van der Waals surface area contributed by atoms with Crippen LogP contribution in [-0.4, -0.2) is 97.3 Å². The van der Waals surface area contributed by atoms with E-state index in [-0.39, 0.29) is 13.9 Å². The number of carbonyl (C=O) groups excluding carboxylic acids is 1. The minimum Gasteiger partial charge on any atom is -0.375 e. The van der Waals surface area contributed by atoms with Crippen LogP contribution in [0.4, 0.5) is 5.95 Å². The number of rotatable bonds is 20. The van der Waals surface area contributed by atoms with Crippen LogP contribution in [0.15, 0.2) is 12.4 Å². The summed E-state index contributed by atoms with van der Waals surface area (Å²) in [5.41, 5.74) is 1.29. The Kier molecular flexibility index (Phi) is 14.7. The zero-order chi connectivity index (χ0) is 28.7. The van der Waals surface area contributed by atoms with Gasteiger partial charge in [0.15, 0.2) is 0 Å². The van der Waals surface area contributed by atoms with E-state index in [4.69, 9.17) is 14.7 Å². The predicted octanol–water partition coefficient (Wildman–Crippen LogP) is 5.48. The van der Waals surface area contributed by atoms with Gasteiger partial charge in [0.05, 0.1) is 0 Å². The minimum absolute atomic E-state index is 0. The molecular formula is C32H60N6O2. The SMILES string of the molecule is CCC(CCN(C)CCCCCCCCCNC(=O)COC)c1cnc(N2C3CCC2CN(C(C)CC)C3)nc1.[HH]. The third-order valence-electron chi connectivity index (χ3n) is 9.25. The van der Waals surface area contributed by atoms with Crippen molar-refractivity contribution in [3.63, 3.8) is 0 Å². The number of nitrogens with zero attached hydrogens (tertiary/aromatic N) is 5. The van der Waals surface area contributed by atoms with Crippen molar-refractivity contribution >= 4 is 11.9 Å². The van der Waals surface area contributed by atoms with Crippen LogP contribution in [0.1, 0.15) is 111 Å². The van der Waals surface area contributed by atoms with Gasteiger partial charge in [-0.15, -0.1) is 0 Å². The fourth-order valence-electron chi connectivity index (χ4n) is 6.45. The first-order valence-corrected chi connectivity index (χ1v) is 16.2. The number of ether oxygens (including phenoxy) is 1. The van der Waals surface area contributed by atoms with Gasteiger partial charge in [-0.1, -0.05) is 46.0 Å². The Morgan fingerprint density at radius 2 is 1.65 bits per heavy atom. The average molecular weight is 561 g/mol. The Labute approximate surface area is 246 Å². The monoisotopic (exact) mass is 560 g/mol. The zero-order valence-electron chi connectivity index (χ0n) is 26.2. The molecule has 8 heteroatoms. The van der Waals surface area contributed by atoms with E-state index in [0.717, 1.165) is 51.4 Å². The number of hydrogen-bond donors (Lipinski definition) is 1. The molecule has 1 N–H and O–H groups in total.